The van der Waals surface area contributed by atoms with E-state index in [9.17, 15) is 35.5 Å². The number of fused-ring (bicyclic) bond motifs is 1. The molecule has 6 nitrogen and oxygen atoms in total. The number of thioether (sulfide) groups is 1. The van der Waals surface area contributed by atoms with Crippen LogP contribution in [0.2, 0.25) is 0 Å². The molecule has 1 amide bonds. The van der Waals surface area contributed by atoms with E-state index in [0.717, 1.165) is 6.20 Å². The zero-order chi connectivity index (χ0) is 25.3. The molecule has 1 aliphatic rings. The summed E-state index contributed by atoms with van der Waals surface area (Å²) in [5.41, 5.74) is 0.401. The van der Waals surface area contributed by atoms with E-state index < -0.39 is 37.3 Å². The third-order valence-electron chi connectivity index (χ3n) is 4.46. The number of aromatic nitrogens is 2. The van der Waals surface area contributed by atoms with Gasteiger partial charge in [0, 0.05) is 17.4 Å². The van der Waals surface area contributed by atoms with Gasteiger partial charge in [-0.25, -0.2) is 18.6 Å². The monoisotopic (exact) mass is 513 g/mol. The maximum Gasteiger partial charge on any atom is 0.455 e. The van der Waals surface area contributed by atoms with E-state index in [1.165, 1.54) is 30.1 Å². The molecule has 0 unspecified atom stereocenters. The summed E-state index contributed by atoms with van der Waals surface area (Å²) in [6, 6.07) is 2.84. The number of alkyl halides is 7. The first-order valence-corrected chi connectivity index (χ1v) is 10.7. The molecule has 0 fully saturated rings. The van der Waals surface area contributed by atoms with Crippen LogP contribution >= 0.6 is 11.8 Å². The summed E-state index contributed by atoms with van der Waals surface area (Å²) in [7, 11) is 0. The van der Waals surface area contributed by atoms with Crippen LogP contribution < -0.4 is 9.64 Å². The van der Waals surface area contributed by atoms with Crippen LogP contribution in [0.1, 0.15) is 19.4 Å². The van der Waals surface area contributed by atoms with Crippen molar-refractivity contribution < 1.29 is 45.0 Å². The van der Waals surface area contributed by atoms with Gasteiger partial charge in [0.15, 0.2) is 6.61 Å². The maximum atomic E-state index is 13.6. The Kier molecular flexibility index (Phi) is 7.20. The van der Waals surface area contributed by atoms with Crippen molar-refractivity contribution in [3.8, 4) is 17.1 Å². The molecule has 14 heteroatoms. The first kappa shape index (κ1) is 25.8. The molecule has 0 saturated carbocycles. The quantitative estimate of drug-likeness (QED) is 0.322. The van der Waals surface area contributed by atoms with Crippen LogP contribution in [0.3, 0.4) is 0 Å². The summed E-state index contributed by atoms with van der Waals surface area (Å²) in [6.45, 7) is -0.659. The number of cyclic esters (lactones) is 1. The van der Waals surface area contributed by atoms with Gasteiger partial charge >= 0.3 is 18.2 Å². The molecule has 0 aromatic carbocycles. The molecule has 3 heterocycles. The topological polar surface area (TPSA) is 64.6 Å². The third-order valence-corrected chi connectivity index (χ3v) is 5.37. The average molecular weight is 513 g/mol. The number of nitrogens with zero attached hydrogens (tertiary/aromatic N) is 3. The lowest BCUT2D eigenvalue weighted by Gasteiger charge is -2.32. The molecular formula is C20H18F7N3O3S. The molecule has 0 radical (unpaired) electrons. The molecule has 0 atom stereocenters. The molecule has 2 aromatic heterocycles. The van der Waals surface area contributed by atoms with E-state index in [0.29, 0.717) is 23.3 Å². The maximum absolute atomic E-state index is 13.6. The smallest absolute Gasteiger partial charge is 0.455 e. The van der Waals surface area contributed by atoms with Crippen molar-refractivity contribution in [1.29, 1.82) is 0 Å². The summed E-state index contributed by atoms with van der Waals surface area (Å²) in [5.74, 6) is -7.56. The Morgan fingerprint density at radius 2 is 1.82 bits per heavy atom. The second-order valence-electron chi connectivity index (χ2n) is 7.35. The Bertz CT molecular complexity index is 1060. The number of pyridine rings is 2. The molecular weight excluding hydrogens is 495 g/mol. The lowest BCUT2D eigenvalue weighted by Crippen LogP contribution is -2.50. The van der Waals surface area contributed by atoms with Gasteiger partial charge in [-0.2, -0.15) is 22.0 Å². The van der Waals surface area contributed by atoms with Gasteiger partial charge in [0.05, 0.1) is 23.8 Å². The highest BCUT2D eigenvalue weighted by Gasteiger charge is 2.59. The Labute approximate surface area is 193 Å². The third kappa shape index (κ3) is 5.83. The van der Waals surface area contributed by atoms with Crippen LogP contribution in [0.4, 0.5) is 41.2 Å². The van der Waals surface area contributed by atoms with Crippen molar-refractivity contribution >= 4 is 23.5 Å². The average Bonchev–Trinajstić information content (AvgIpc) is 2.73. The van der Waals surface area contributed by atoms with Gasteiger partial charge in [0.2, 0.25) is 0 Å². The number of amides is 1. The van der Waals surface area contributed by atoms with Crippen LogP contribution in [0.5, 0.6) is 5.75 Å². The number of hydrogen-bond acceptors (Lipinski definition) is 6. The summed E-state index contributed by atoms with van der Waals surface area (Å²) < 4.78 is 101. The lowest BCUT2D eigenvalue weighted by molar-refractivity contribution is -0.276. The Hall–Kier alpha value is -2.77. The van der Waals surface area contributed by atoms with Crippen molar-refractivity contribution in [2.24, 2.45) is 0 Å². The van der Waals surface area contributed by atoms with E-state index in [1.807, 2.05) is 6.92 Å². The molecule has 2 aromatic rings. The molecule has 186 valence electrons. The van der Waals surface area contributed by atoms with Crippen molar-refractivity contribution in [1.82, 2.24) is 9.97 Å². The van der Waals surface area contributed by atoms with Crippen LogP contribution in [-0.4, -0.2) is 53.0 Å². The second kappa shape index (κ2) is 9.47. The number of carbonyl (C=O) groups is 1. The van der Waals surface area contributed by atoms with E-state index in [4.69, 9.17) is 9.47 Å². The summed E-state index contributed by atoms with van der Waals surface area (Å²) in [6.07, 6.45) is -5.03. The fourth-order valence-electron chi connectivity index (χ4n) is 2.91. The van der Waals surface area contributed by atoms with Gasteiger partial charge in [-0.3, -0.25) is 9.88 Å². The number of rotatable bonds is 8. The second-order valence-corrected chi connectivity index (χ2v) is 8.66. The van der Waals surface area contributed by atoms with Gasteiger partial charge in [-0.15, -0.1) is 11.8 Å². The summed E-state index contributed by atoms with van der Waals surface area (Å²) in [4.78, 5) is 20.9. The summed E-state index contributed by atoms with van der Waals surface area (Å²) >= 11 is 1.30. The highest BCUT2D eigenvalue weighted by Crippen LogP contribution is 2.40. The van der Waals surface area contributed by atoms with Crippen LogP contribution in [-0.2, 0) is 11.3 Å². The van der Waals surface area contributed by atoms with Gasteiger partial charge in [-0.1, -0.05) is 6.92 Å². The van der Waals surface area contributed by atoms with Crippen LogP contribution in [0.15, 0.2) is 29.4 Å². The predicted molar refractivity (Wildman–Crippen MR) is 109 cm³/mol. The van der Waals surface area contributed by atoms with Gasteiger partial charge in [-0.05, 0) is 17.9 Å². The number of carbonyl (C=O) groups excluding carboxylic acids is 1. The highest BCUT2D eigenvalue weighted by atomic mass is 32.2. The van der Waals surface area contributed by atoms with E-state index in [2.05, 4.69) is 9.97 Å². The minimum absolute atomic E-state index is 0.0914. The summed E-state index contributed by atoms with van der Waals surface area (Å²) in [5, 5.41) is 0. The molecule has 0 saturated heterocycles. The predicted octanol–water partition coefficient (Wildman–Crippen LogP) is 5.94. The number of hydrogen-bond donors (Lipinski definition) is 0. The van der Waals surface area contributed by atoms with E-state index >= 15 is 0 Å². The highest BCUT2D eigenvalue weighted by molar-refractivity contribution is 7.99. The first-order valence-electron chi connectivity index (χ1n) is 9.73. The zero-order valence-electron chi connectivity index (χ0n) is 17.8. The first-order chi connectivity index (χ1) is 15.7. The molecule has 1 aliphatic heterocycles. The normalized spacial score (nSPS) is 14.6. The van der Waals surface area contributed by atoms with Crippen molar-refractivity contribution in [2.75, 3.05) is 23.8 Å². The minimum Gasteiger partial charge on any atom is -0.486 e. The fourth-order valence-corrected chi connectivity index (χ4v) is 3.71. The molecule has 3 rings (SSSR count). The minimum atomic E-state index is -5.86. The zero-order valence-corrected chi connectivity index (χ0v) is 18.6. The standard InChI is InChI=1S/C20H18F7N3O3S/c1-3-34-15-5-12(33-10-18(2,21)22)6-29-16(15)13-4-11-8-32-17(31)30(14(11)7-28-13)9-19(23,24)20(25,26)27/h4-7H,3,8-10H2,1-2H3. The van der Waals surface area contributed by atoms with Crippen molar-refractivity contribution in [2.45, 2.75) is 43.4 Å². The lowest BCUT2D eigenvalue weighted by atomic mass is 10.1. The number of anilines is 1. The van der Waals surface area contributed by atoms with Gasteiger partial charge in [0.25, 0.3) is 5.92 Å². The fraction of sp³-hybridized carbons (Fsp3) is 0.450. The van der Waals surface area contributed by atoms with E-state index in [1.54, 1.807) is 0 Å². The van der Waals surface area contributed by atoms with Crippen LogP contribution in [0, 0.1) is 0 Å². The van der Waals surface area contributed by atoms with Gasteiger partial charge in [0.1, 0.15) is 24.6 Å². The SMILES string of the molecule is CCSc1cc(OCC(C)(F)F)cnc1-c1cc2c(cn1)N(CC(F)(F)C(F)(F)F)C(=O)OC2. The van der Waals surface area contributed by atoms with Crippen LogP contribution in [0.25, 0.3) is 11.4 Å². The van der Waals surface area contributed by atoms with Gasteiger partial charge < -0.3 is 9.47 Å². The van der Waals surface area contributed by atoms with Crippen molar-refractivity contribution in [3.63, 3.8) is 0 Å². The Morgan fingerprint density at radius 1 is 1.12 bits per heavy atom. The Balaban J connectivity index is 1.94. The Morgan fingerprint density at radius 3 is 2.44 bits per heavy atom. The number of ether oxygens (including phenoxy) is 2. The van der Waals surface area contributed by atoms with E-state index in [-0.39, 0.29) is 34.2 Å². The molecule has 0 N–H and O–H groups in total. The largest absolute Gasteiger partial charge is 0.486 e. The molecule has 0 aliphatic carbocycles. The number of halogens is 7. The molecule has 34 heavy (non-hydrogen) atoms. The van der Waals surface area contributed by atoms with Crippen molar-refractivity contribution in [3.05, 3.63) is 30.1 Å². The molecule has 0 spiro atoms. The molecule has 0 bridgehead atoms.